The van der Waals surface area contributed by atoms with Crippen LogP contribution in [0.4, 0.5) is 5.69 Å². The first-order chi connectivity index (χ1) is 10.1. The second-order valence-electron chi connectivity index (χ2n) is 6.09. The lowest BCUT2D eigenvalue weighted by molar-refractivity contribution is 0.229. The van der Waals surface area contributed by atoms with E-state index in [-0.39, 0.29) is 6.04 Å². The van der Waals surface area contributed by atoms with Crippen LogP contribution in [0.1, 0.15) is 25.1 Å². The van der Waals surface area contributed by atoms with Crippen LogP contribution in [0, 0.1) is 0 Å². The van der Waals surface area contributed by atoms with Gasteiger partial charge in [0.1, 0.15) is 0 Å². The van der Waals surface area contributed by atoms with E-state index in [1.165, 1.54) is 5.69 Å². The number of hydrogen-bond donors (Lipinski definition) is 1. The van der Waals surface area contributed by atoms with Crippen LogP contribution in [0.25, 0.3) is 0 Å². The first-order valence-corrected chi connectivity index (χ1v) is 7.93. The van der Waals surface area contributed by atoms with Crippen molar-refractivity contribution in [2.24, 2.45) is 5.73 Å². The lowest BCUT2D eigenvalue weighted by atomic mass is 10.1. The number of rotatable bonds is 6. The Bertz CT molecular complexity index is 409. The van der Waals surface area contributed by atoms with E-state index in [2.05, 4.69) is 52.8 Å². The number of aromatic nitrogens is 1. The zero-order chi connectivity index (χ0) is 15.2. The van der Waals surface area contributed by atoms with Gasteiger partial charge in [0, 0.05) is 45.3 Å². The van der Waals surface area contributed by atoms with Gasteiger partial charge in [-0.1, -0.05) is 6.92 Å². The minimum atomic E-state index is 0.0573. The Balaban J connectivity index is 1.84. The summed E-state index contributed by atoms with van der Waals surface area (Å²) in [6.45, 7) is 8.79. The highest BCUT2D eigenvalue weighted by Gasteiger charge is 2.17. The highest BCUT2D eigenvalue weighted by atomic mass is 15.3. The summed E-state index contributed by atoms with van der Waals surface area (Å²) in [5.74, 6) is 0. The van der Waals surface area contributed by atoms with Gasteiger partial charge in [0.2, 0.25) is 0 Å². The fraction of sp³-hybridized carbons (Fsp3) is 0.688. The van der Waals surface area contributed by atoms with E-state index in [0.717, 1.165) is 51.4 Å². The van der Waals surface area contributed by atoms with Crippen LogP contribution in [-0.2, 0) is 0 Å². The number of likely N-dealkylation sites (N-methyl/N-ethyl adjacent to an activating group) is 1. The Morgan fingerprint density at radius 3 is 2.48 bits per heavy atom. The lowest BCUT2D eigenvalue weighted by Gasteiger charge is -2.36. The minimum Gasteiger partial charge on any atom is -0.368 e. The van der Waals surface area contributed by atoms with Crippen LogP contribution in [0.2, 0.25) is 0 Å². The molecule has 1 aliphatic heterocycles. The largest absolute Gasteiger partial charge is 0.368 e. The van der Waals surface area contributed by atoms with Gasteiger partial charge in [-0.25, -0.2) is 0 Å². The third kappa shape index (κ3) is 4.66. The minimum absolute atomic E-state index is 0.0573. The monoisotopic (exact) mass is 291 g/mol. The zero-order valence-electron chi connectivity index (χ0n) is 13.6. The smallest absolute Gasteiger partial charge is 0.0572 e. The molecule has 0 aliphatic carbocycles. The molecule has 0 bridgehead atoms. The first-order valence-electron chi connectivity index (χ1n) is 7.93. The molecule has 5 nitrogen and oxygen atoms in total. The highest BCUT2D eigenvalue weighted by molar-refractivity contribution is 5.45. The van der Waals surface area contributed by atoms with Crippen LogP contribution in [0.5, 0.6) is 0 Å². The number of hydrogen-bond acceptors (Lipinski definition) is 5. The Labute approximate surface area is 128 Å². The molecule has 0 amide bonds. The van der Waals surface area contributed by atoms with E-state index >= 15 is 0 Å². The van der Waals surface area contributed by atoms with Gasteiger partial charge in [-0.15, -0.1) is 0 Å². The van der Waals surface area contributed by atoms with Crippen LogP contribution in [0.3, 0.4) is 0 Å². The molecule has 5 heteroatoms. The van der Waals surface area contributed by atoms with E-state index < -0.39 is 0 Å². The van der Waals surface area contributed by atoms with Crippen LogP contribution in [0.15, 0.2) is 18.3 Å². The maximum absolute atomic E-state index is 6.01. The van der Waals surface area contributed by atoms with Crippen molar-refractivity contribution < 1.29 is 0 Å². The Kier molecular flexibility index (Phi) is 5.96. The van der Waals surface area contributed by atoms with Crippen molar-refractivity contribution in [2.75, 3.05) is 58.3 Å². The molecular formula is C16H29N5. The molecule has 2 N–H and O–H groups in total. The molecule has 2 rings (SSSR count). The van der Waals surface area contributed by atoms with E-state index in [1.54, 1.807) is 0 Å². The van der Waals surface area contributed by atoms with Gasteiger partial charge in [0.15, 0.2) is 0 Å². The van der Waals surface area contributed by atoms with Gasteiger partial charge in [0.05, 0.1) is 17.6 Å². The van der Waals surface area contributed by atoms with E-state index in [9.17, 15) is 0 Å². The van der Waals surface area contributed by atoms with Crippen LogP contribution < -0.4 is 10.6 Å². The van der Waals surface area contributed by atoms with Gasteiger partial charge in [-0.3, -0.25) is 9.88 Å². The summed E-state index contributed by atoms with van der Waals surface area (Å²) in [6.07, 6.45) is 2.90. The predicted molar refractivity (Wildman–Crippen MR) is 88.7 cm³/mol. The van der Waals surface area contributed by atoms with E-state index in [0.29, 0.717) is 0 Å². The standard InChI is InChI=1S/C16H29N5/c1-4-15(17)16-6-5-14(13-18-16)21-11-9-20(10-12-21)8-7-19(2)3/h5-6,13,15H,4,7-12,17H2,1-3H3/t15-/m0/s1. The van der Waals surface area contributed by atoms with Gasteiger partial charge >= 0.3 is 0 Å². The fourth-order valence-electron chi connectivity index (χ4n) is 2.58. The van der Waals surface area contributed by atoms with Crippen LogP contribution >= 0.6 is 0 Å². The molecule has 1 aliphatic rings. The summed E-state index contributed by atoms with van der Waals surface area (Å²) in [5.41, 5.74) is 8.22. The van der Waals surface area contributed by atoms with Crippen molar-refractivity contribution in [2.45, 2.75) is 19.4 Å². The molecule has 0 saturated carbocycles. The normalized spacial score (nSPS) is 18.2. The molecule has 1 atom stereocenters. The molecule has 1 aromatic heterocycles. The molecule has 1 fully saturated rings. The fourth-order valence-corrected chi connectivity index (χ4v) is 2.58. The molecular weight excluding hydrogens is 262 g/mol. The summed E-state index contributed by atoms with van der Waals surface area (Å²) >= 11 is 0. The van der Waals surface area contributed by atoms with Crippen LogP contribution in [-0.4, -0.2) is 68.1 Å². The topological polar surface area (TPSA) is 48.6 Å². The summed E-state index contributed by atoms with van der Waals surface area (Å²) < 4.78 is 0. The number of nitrogens with zero attached hydrogens (tertiary/aromatic N) is 4. The van der Waals surface area contributed by atoms with Crippen molar-refractivity contribution in [1.29, 1.82) is 0 Å². The molecule has 0 spiro atoms. The average molecular weight is 291 g/mol. The second-order valence-corrected chi connectivity index (χ2v) is 6.09. The van der Waals surface area contributed by atoms with Gasteiger partial charge < -0.3 is 15.5 Å². The van der Waals surface area contributed by atoms with Gasteiger partial charge in [-0.05, 0) is 32.6 Å². The van der Waals surface area contributed by atoms with Crippen molar-refractivity contribution in [1.82, 2.24) is 14.8 Å². The average Bonchev–Trinajstić information content (AvgIpc) is 2.53. The number of piperazine rings is 1. The van der Waals surface area contributed by atoms with Crippen molar-refractivity contribution in [3.63, 3.8) is 0 Å². The second kappa shape index (κ2) is 7.73. The summed E-state index contributed by atoms with van der Waals surface area (Å²) in [4.78, 5) is 11.7. The molecule has 0 aromatic carbocycles. The molecule has 0 radical (unpaired) electrons. The molecule has 2 heterocycles. The van der Waals surface area contributed by atoms with Crippen molar-refractivity contribution >= 4 is 5.69 Å². The maximum Gasteiger partial charge on any atom is 0.0572 e. The summed E-state index contributed by atoms with van der Waals surface area (Å²) in [5, 5.41) is 0. The highest BCUT2D eigenvalue weighted by Crippen LogP contribution is 2.18. The van der Waals surface area contributed by atoms with Gasteiger partial charge in [0.25, 0.3) is 0 Å². The SMILES string of the molecule is CC[C@H](N)c1ccc(N2CCN(CCN(C)C)CC2)cn1. The molecule has 21 heavy (non-hydrogen) atoms. The summed E-state index contributed by atoms with van der Waals surface area (Å²) in [7, 11) is 4.26. The molecule has 0 unspecified atom stereocenters. The predicted octanol–water partition coefficient (Wildman–Crippen LogP) is 1.18. The molecule has 1 saturated heterocycles. The first kappa shape index (κ1) is 16.2. The van der Waals surface area contributed by atoms with Crippen molar-refractivity contribution in [3.8, 4) is 0 Å². The maximum atomic E-state index is 6.01. The number of anilines is 1. The van der Waals surface area contributed by atoms with E-state index in [1.807, 2.05) is 6.20 Å². The Morgan fingerprint density at radius 1 is 1.24 bits per heavy atom. The quantitative estimate of drug-likeness (QED) is 0.853. The number of nitrogens with two attached hydrogens (primary N) is 1. The third-order valence-electron chi connectivity index (χ3n) is 4.19. The number of pyridine rings is 1. The molecule has 118 valence electrons. The Hall–Kier alpha value is -1.17. The Morgan fingerprint density at radius 2 is 1.95 bits per heavy atom. The summed E-state index contributed by atoms with van der Waals surface area (Å²) in [6, 6.07) is 4.29. The zero-order valence-corrected chi connectivity index (χ0v) is 13.6. The van der Waals surface area contributed by atoms with Gasteiger partial charge in [-0.2, -0.15) is 0 Å². The van der Waals surface area contributed by atoms with Crippen molar-refractivity contribution in [3.05, 3.63) is 24.0 Å². The molecule has 1 aromatic rings. The lowest BCUT2D eigenvalue weighted by Crippen LogP contribution is -2.48. The van der Waals surface area contributed by atoms with E-state index in [4.69, 9.17) is 5.73 Å². The third-order valence-corrected chi connectivity index (χ3v) is 4.19.